The number of rotatable bonds is 8. The molecule has 1 fully saturated rings. The number of amides is 2. The van der Waals surface area contributed by atoms with Gasteiger partial charge in [-0.2, -0.15) is 0 Å². The first kappa shape index (κ1) is 17.8. The molecule has 3 N–H and O–H groups in total. The molecule has 0 aliphatic carbocycles. The van der Waals surface area contributed by atoms with E-state index < -0.39 is 5.97 Å². The minimum absolute atomic E-state index is 0.00766. The van der Waals surface area contributed by atoms with Crippen LogP contribution in [-0.2, 0) is 4.79 Å². The van der Waals surface area contributed by atoms with E-state index in [0.717, 1.165) is 38.9 Å². The van der Waals surface area contributed by atoms with Crippen molar-refractivity contribution in [3.8, 4) is 0 Å². The van der Waals surface area contributed by atoms with Crippen molar-refractivity contribution < 1.29 is 14.7 Å². The third kappa shape index (κ3) is 6.33. The van der Waals surface area contributed by atoms with E-state index in [-0.39, 0.29) is 11.9 Å². The average molecular weight is 299 g/mol. The molecule has 0 spiro atoms. The van der Waals surface area contributed by atoms with Crippen LogP contribution in [0.3, 0.4) is 0 Å². The summed E-state index contributed by atoms with van der Waals surface area (Å²) in [7, 11) is 0. The van der Waals surface area contributed by atoms with E-state index in [1.807, 2.05) is 4.90 Å². The van der Waals surface area contributed by atoms with E-state index in [4.69, 9.17) is 5.11 Å². The SMILES string of the molecule is CCCN(C(=O)NCCCC(C)C(=O)O)C1CCNCC1. The zero-order chi connectivity index (χ0) is 15.7. The number of nitrogens with one attached hydrogen (secondary N) is 2. The first-order valence-electron chi connectivity index (χ1n) is 8.04. The number of urea groups is 1. The lowest BCUT2D eigenvalue weighted by molar-refractivity contribution is -0.141. The Labute approximate surface area is 127 Å². The van der Waals surface area contributed by atoms with Crippen molar-refractivity contribution in [2.45, 2.75) is 52.0 Å². The lowest BCUT2D eigenvalue weighted by Crippen LogP contribution is -2.50. The zero-order valence-electron chi connectivity index (χ0n) is 13.2. The summed E-state index contributed by atoms with van der Waals surface area (Å²) in [6.45, 7) is 7.03. The summed E-state index contributed by atoms with van der Waals surface area (Å²) >= 11 is 0. The summed E-state index contributed by atoms with van der Waals surface area (Å²) in [5, 5.41) is 15.1. The van der Waals surface area contributed by atoms with E-state index in [2.05, 4.69) is 17.6 Å². The molecule has 21 heavy (non-hydrogen) atoms. The summed E-state index contributed by atoms with van der Waals surface area (Å²) < 4.78 is 0. The molecule has 0 bridgehead atoms. The summed E-state index contributed by atoms with van der Waals surface area (Å²) in [5.74, 6) is -1.12. The van der Waals surface area contributed by atoms with E-state index >= 15 is 0 Å². The predicted octanol–water partition coefficient (Wildman–Crippen LogP) is 1.66. The van der Waals surface area contributed by atoms with Gasteiger partial charge in [-0.05, 0) is 45.2 Å². The number of carbonyl (C=O) groups is 2. The second-order valence-corrected chi connectivity index (χ2v) is 5.79. The fraction of sp³-hybridized carbons (Fsp3) is 0.867. The van der Waals surface area contributed by atoms with Crippen molar-refractivity contribution in [1.82, 2.24) is 15.5 Å². The highest BCUT2D eigenvalue weighted by Crippen LogP contribution is 2.13. The van der Waals surface area contributed by atoms with Crippen LogP contribution in [0.15, 0.2) is 0 Å². The smallest absolute Gasteiger partial charge is 0.317 e. The Morgan fingerprint density at radius 3 is 2.62 bits per heavy atom. The predicted molar refractivity (Wildman–Crippen MR) is 82.3 cm³/mol. The number of hydrogen-bond acceptors (Lipinski definition) is 3. The molecule has 0 radical (unpaired) electrons. The van der Waals surface area contributed by atoms with Gasteiger partial charge < -0.3 is 20.6 Å². The van der Waals surface area contributed by atoms with Gasteiger partial charge in [0.05, 0.1) is 5.92 Å². The minimum atomic E-state index is -0.774. The third-order valence-corrected chi connectivity index (χ3v) is 3.99. The summed E-state index contributed by atoms with van der Waals surface area (Å²) in [5.41, 5.74) is 0. The maximum Gasteiger partial charge on any atom is 0.317 e. The molecule has 1 saturated heterocycles. The molecule has 1 unspecified atom stereocenters. The molecule has 0 aromatic rings. The number of carboxylic acid groups (broad SMARTS) is 1. The summed E-state index contributed by atoms with van der Waals surface area (Å²) in [6, 6.07) is 0.316. The zero-order valence-corrected chi connectivity index (χ0v) is 13.2. The van der Waals surface area contributed by atoms with Crippen LogP contribution >= 0.6 is 0 Å². The fourth-order valence-corrected chi connectivity index (χ4v) is 2.64. The number of carbonyl (C=O) groups excluding carboxylic acids is 1. The van der Waals surface area contributed by atoms with E-state index in [0.29, 0.717) is 25.4 Å². The molecule has 1 aliphatic rings. The average Bonchev–Trinajstić information content (AvgIpc) is 2.49. The molecule has 122 valence electrons. The standard InChI is InChI=1S/C15H29N3O3/c1-3-11-18(13-6-9-16-10-7-13)15(21)17-8-4-5-12(2)14(19)20/h12-13,16H,3-11H2,1-2H3,(H,17,21)(H,19,20). The van der Waals surface area contributed by atoms with Crippen molar-refractivity contribution in [3.05, 3.63) is 0 Å². The second-order valence-electron chi connectivity index (χ2n) is 5.79. The Bertz CT molecular complexity index is 330. The Hall–Kier alpha value is -1.30. The molecular formula is C15H29N3O3. The van der Waals surface area contributed by atoms with Gasteiger partial charge >= 0.3 is 12.0 Å². The Morgan fingerprint density at radius 2 is 2.05 bits per heavy atom. The van der Waals surface area contributed by atoms with Crippen molar-refractivity contribution in [2.75, 3.05) is 26.2 Å². The Morgan fingerprint density at radius 1 is 1.38 bits per heavy atom. The van der Waals surface area contributed by atoms with Crippen LogP contribution in [0.4, 0.5) is 4.79 Å². The van der Waals surface area contributed by atoms with Crippen LogP contribution in [-0.4, -0.2) is 54.2 Å². The molecule has 2 amide bonds. The molecule has 6 heteroatoms. The van der Waals surface area contributed by atoms with Gasteiger partial charge in [0, 0.05) is 19.1 Å². The topological polar surface area (TPSA) is 81.7 Å². The van der Waals surface area contributed by atoms with Gasteiger partial charge in [0.15, 0.2) is 0 Å². The van der Waals surface area contributed by atoms with Crippen molar-refractivity contribution >= 4 is 12.0 Å². The number of carboxylic acids is 1. The van der Waals surface area contributed by atoms with Crippen molar-refractivity contribution in [2.24, 2.45) is 5.92 Å². The highest BCUT2D eigenvalue weighted by Gasteiger charge is 2.24. The summed E-state index contributed by atoms with van der Waals surface area (Å²) in [4.78, 5) is 25.0. The maximum absolute atomic E-state index is 12.3. The highest BCUT2D eigenvalue weighted by molar-refractivity contribution is 5.74. The van der Waals surface area contributed by atoms with E-state index in [9.17, 15) is 9.59 Å². The number of aliphatic carboxylic acids is 1. The molecule has 0 aromatic heterocycles. The minimum Gasteiger partial charge on any atom is -0.481 e. The number of nitrogens with zero attached hydrogens (tertiary/aromatic N) is 1. The Kier molecular flexibility index (Phi) is 8.12. The quantitative estimate of drug-likeness (QED) is 0.595. The second kappa shape index (κ2) is 9.60. The van der Waals surface area contributed by atoms with Gasteiger partial charge in [0.25, 0.3) is 0 Å². The van der Waals surface area contributed by atoms with Crippen LogP contribution in [0.5, 0.6) is 0 Å². The van der Waals surface area contributed by atoms with Crippen LogP contribution in [0.2, 0.25) is 0 Å². The molecule has 1 heterocycles. The number of piperidine rings is 1. The first-order valence-corrected chi connectivity index (χ1v) is 8.04. The molecule has 1 atom stereocenters. The number of hydrogen-bond donors (Lipinski definition) is 3. The van der Waals surface area contributed by atoms with Crippen LogP contribution < -0.4 is 10.6 Å². The van der Waals surface area contributed by atoms with Gasteiger partial charge in [-0.3, -0.25) is 4.79 Å². The fourth-order valence-electron chi connectivity index (χ4n) is 2.64. The molecule has 0 saturated carbocycles. The molecule has 6 nitrogen and oxygen atoms in total. The Balaban J connectivity index is 2.33. The van der Waals surface area contributed by atoms with Gasteiger partial charge in [-0.25, -0.2) is 4.79 Å². The van der Waals surface area contributed by atoms with E-state index in [1.54, 1.807) is 6.92 Å². The normalized spacial score (nSPS) is 17.2. The largest absolute Gasteiger partial charge is 0.481 e. The van der Waals surface area contributed by atoms with E-state index in [1.165, 1.54) is 0 Å². The third-order valence-electron chi connectivity index (χ3n) is 3.99. The van der Waals surface area contributed by atoms with Crippen LogP contribution in [0, 0.1) is 5.92 Å². The van der Waals surface area contributed by atoms with Gasteiger partial charge in [-0.15, -0.1) is 0 Å². The highest BCUT2D eigenvalue weighted by atomic mass is 16.4. The first-order chi connectivity index (χ1) is 10.1. The lowest BCUT2D eigenvalue weighted by atomic mass is 10.0. The molecule has 1 rings (SSSR count). The van der Waals surface area contributed by atoms with Crippen LogP contribution in [0.1, 0.15) is 46.0 Å². The maximum atomic E-state index is 12.3. The molecule has 1 aliphatic heterocycles. The van der Waals surface area contributed by atoms with Crippen LogP contribution in [0.25, 0.3) is 0 Å². The summed E-state index contributed by atoms with van der Waals surface area (Å²) in [6.07, 6.45) is 4.25. The lowest BCUT2D eigenvalue weighted by Gasteiger charge is -2.34. The van der Waals surface area contributed by atoms with Gasteiger partial charge in [0.1, 0.15) is 0 Å². The van der Waals surface area contributed by atoms with Crippen molar-refractivity contribution in [3.63, 3.8) is 0 Å². The monoisotopic (exact) mass is 299 g/mol. The molecule has 0 aromatic carbocycles. The van der Waals surface area contributed by atoms with Crippen molar-refractivity contribution in [1.29, 1.82) is 0 Å². The molecular weight excluding hydrogens is 270 g/mol. The van der Waals surface area contributed by atoms with Gasteiger partial charge in [0.2, 0.25) is 0 Å². The van der Waals surface area contributed by atoms with Gasteiger partial charge in [-0.1, -0.05) is 13.8 Å².